The third-order valence-electron chi connectivity index (χ3n) is 3.36. The Morgan fingerprint density at radius 1 is 1.10 bits per heavy atom. The van der Waals surface area contributed by atoms with Crippen LogP contribution in [0, 0.1) is 0 Å². The maximum Gasteiger partial charge on any atom is 0.419 e. The largest absolute Gasteiger partial charge is 0.444 e. The molecule has 0 bridgehead atoms. The van der Waals surface area contributed by atoms with Crippen molar-refractivity contribution in [2.24, 2.45) is 4.99 Å². The van der Waals surface area contributed by atoms with Crippen LogP contribution in [0.4, 0.5) is 23.8 Å². The van der Waals surface area contributed by atoms with Crippen LogP contribution in [0.1, 0.15) is 32.8 Å². The molecular formula is C18H30F3IN6O2. The number of carbonyl (C=O) groups excluding carboxylic acids is 1. The van der Waals surface area contributed by atoms with E-state index in [1.807, 2.05) is 0 Å². The minimum absolute atomic E-state index is 0. The average molecular weight is 546 g/mol. The summed E-state index contributed by atoms with van der Waals surface area (Å²) in [5, 5.41) is 11.4. The van der Waals surface area contributed by atoms with Crippen LogP contribution in [-0.4, -0.2) is 55.9 Å². The van der Waals surface area contributed by atoms with E-state index < -0.39 is 23.4 Å². The van der Waals surface area contributed by atoms with Crippen LogP contribution in [0.5, 0.6) is 0 Å². The highest BCUT2D eigenvalue weighted by Crippen LogP contribution is 2.33. The first-order valence-corrected chi connectivity index (χ1v) is 9.20. The molecule has 0 saturated carbocycles. The number of nitrogens with one attached hydrogen (secondary N) is 4. The molecule has 1 aromatic rings. The SMILES string of the molecule is CN=C(NCCCNC(=O)OC(C)(C)C)NCCNc1ncccc1C(F)(F)F.I. The number of ether oxygens (including phenoxy) is 1. The van der Waals surface area contributed by atoms with E-state index in [1.165, 1.54) is 12.3 Å². The number of alkyl halides is 3. The van der Waals surface area contributed by atoms with Gasteiger partial charge in [0.05, 0.1) is 5.56 Å². The smallest absolute Gasteiger partial charge is 0.419 e. The number of aromatic nitrogens is 1. The van der Waals surface area contributed by atoms with Crippen LogP contribution in [0.15, 0.2) is 23.3 Å². The molecule has 1 rings (SSSR count). The van der Waals surface area contributed by atoms with Crippen LogP contribution >= 0.6 is 24.0 Å². The van der Waals surface area contributed by atoms with Gasteiger partial charge in [-0.05, 0) is 39.3 Å². The second-order valence-electron chi connectivity index (χ2n) is 7.03. The maximum absolute atomic E-state index is 12.9. The van der Waals surface area contributed by atoms with Gasteiger partial charge in [0.2, 0.25) is 0 Å². The molecule has 0 radical (unpaired) electrons. The molecule has 1 amide bonds. The zero-order valence-electron chi connectivity index (χ0n) is 17.5. The van der Waals surface area contributed by atoms with Crippen molar-refractivity contribution in [1.82, 2.24) is 20.9 Å². The number of hydrogen-bond donors (Lipinski definition) is 4. The van der Waals surface area contributed by atoms with Crippen molar-refractivity contribution in [1.29, 1.82) is 0 Å². The lowest BCUT2D eigenvalue weighted by Crippen LogP contribution is -2.41. The fourth-order valence-electron chi connectivity index (χ4n) is 2.16. The molecule has 30 heavy (non-hydrogen) atoms. The molecule has 12 heteroatoms. The number of guanidine groups is 1. The van der Waals surface area contributed by atoms with Crippen LogP contribution in [0.2, 0.25) is 0 Å². The first-order chi connectivity index (χ1) is 13.5. The van der Waals surface area contributed by atoms with Crippen LogP contribution in [0.3, 0.4) is 0 Å². The van der Waals surface area contributed by atoms with Gasteiger partial charge in [0, 0.05) is 39.4 Å². The van der Waals surface area contributed by atoms with Crippen molar-refractivity contribution >= 4 is 41.8 Å². The van der Waals surface area contributed by atoms with Gasteiger partial charge in [0.15, 0.2) is 5.96 Å². The van der Waals surface area contributed by atoms with Crippen molar-refractivity contribution in [2.75, 3.05) is 38.5 Å². The lowest BCUT2D eigenvalue weighted by atomic mass is 10.2. The van der Waals surface area contributed by atoms with Gasteiger partial charge in [0.25, 0.3) is 0 Å². The van der Waals surface area contributed by atoms with Gasteiger partial charge in [-0.3, -0.25) is 4.99 Å². The highest BCUT2D eigenvalue weighted by atomic mass is 127. The highest BCUT2D eigenvalue weighted by Gasteiger charge is 2.33. The number of aliphatic imine (C=N–C) groups is 1. The standard InChI is InChI=1S/C18H29F3N6O2.HI/c1-17(2,3)29-16(28)27-10-6-9-25-15(22-4)26-12-11-24-14-13(18(19,20)21)7-5-8-23-14;/h5,7-8H,6,9-12H2,1-4H3,(H,23,24)(H,27,28)(H2,22,25,26);1H. The number of amides is 1. The van der Waals surface area contributed by atoms with E-state index in [2.05, 4.69) is 31.2 Å². The van der Waals surface area contributed by atoms with Crippen molar-refractivity contribution in [3.05, 3.63) is 23.9 Å². The Bertz CT molecular complexity index is 681. The van der Waals surface area contributed by atoms with Crippen molar-refractivity contribution in [3.8, 4) is 0 Å². The molecule has 172 valence electrons. The Morgan fingerprint density at radius 2 is 1.73 bits per heavy atom. The summed E-state index contributed by atoms with van der Waals surface area (Å²) in [6.45, 7) is 6.90. The summed E-state index contributed by atoms with van der Waals surface area (Å²) in [7, 11) is 1.59. The highest BCUT2D eigenvalue weighted by molar-refractivity contribution is 14.0. The molecule has 8 nitrogen and oxygen atoms in total. The quantitative estimate of drug-likeness (QED) is 0.173. The molecule has 0 fully saturated rings. The summed E-state index contributed by atoms with van der Waals surface area (Å²) in [6.07, 6.45) is -2.99. The lowest BCUT2D eigenvalue weighted by molar-refractivity contribution is -0.137. The zero-order valence-corrected chi connectivity index (χ0v) is 19.9. The molecule has 0 spiro atoms. The van der Waals surface area contributed by atoms with Crippen molar-refractivity contribution in [2.45, 2.75) is 39.0 Å². The summed E-state index contributed by atoms with van der Waals surface area (Å²) < 4.78 is 43.9. The normalized spacial score (nSPS) is 11.9. The summed E-state index contributed by atoms with van der Waals surface area (Å²) >= 11 is 0. The molecule has 1 aromatic heterocycles. The number of rotatable bonds is 8. The van der Waals surface area contributed by atoms with Gasteiger partial charge in [0.1, 0.15) is 11.4 Å². The monoisotopic (exact) mass is 546 g/mol. The molecule has 0 aliphatic heterocycles. The predicted molar refractivity (Wildman–Crippen MR) is 121 cm³/mol. The van der Waals surface area contributed by atoms with Crippen molar-refractivity contribution in [3.63, 3.8) is 0 Å². The summed E-state index contributed by atoms with van der Waals surface area (Å²) in [5.74, 6) is 0.291. The van der Waals surface area contributed by atoms with E-state index in [0.717, 1.165) is 6.07 Å². The molecule has 0 unspecified atom stereocenters. The number of halogens is 4. The third kappa shape index (κ3) is 11.9. The second kappa shape index (κ2) is 13.3. The predicted octanol–water partition coefficient (Wildman–Crippen LogP) is 3.21. The van der Waals surface area contributed by atoms with E-state index in [0.29, 0.717) is 32.0 Å². The van der Waals surface area contributed by atoms with Crippen LogP contribution in [-0.2, 0) is 10.9 Å². The van der Waals surface area contributed by atoms with Gasteiger partial charge in [-0.1, -0.05) is 0 Å². The molecular weight excluding hydrogens is 516 g/mol. The molecule has 0 aliphatic rings. The number of nitrogens with zero attached hydrogens (tertiary/aromatic N) is 2. The van der Waals surface area contributed by atoms with Gasteiger partial charge in [-0.15, -0.1) is 24.0 Å². The van der Waals surface area contributed by atoms with E-state index in [4.69, 9.17) is 4.74 Å². The van der Waals surface area contributed by atoms with E-state index >= 15 is 0 Å². The van der Waals surface area contributed by atoms with Gasteiger partial charge < -0.3 is 26.0 Å². The first-order valence-electron chi connectivity index (χ1n) is 9.20. The van der Waals surface area contributed by atoms with Crippen LogP contribution < -0.4 is 21.3 Å². The van der Waals surface area contributed by atoms with E-state index in [1.54, 1.807) is 27.8 Å². The Hall–Kier alpha value is -1.99. The number of anilines is 1. The van der Waals surface area contributed by atoms with Crippen molar-refractivity contribution < 1.29 is 22.7 Å². The maximum atomic E-state index is 12.9. The average Bonchev–Trinajstić information content (AvgIpc) is 2.61. The summed E-state index contributed by atoms with van der Waals surface area (Å²) in [6, 6.07) is 2.23. The Labute approximate surface area is 191 Å². The number of hydrogen-bond acceptors (Lipinski definition) is 5. The molecule has 0 aliphatic carbocycles. The number of pyridine rings is 1. The Kier molecular flexibility index (Phi) is 12.5. The van der Waals surface area contributed by atoms with Crippen LogP contribution in [0.25, 0.3) is 0 Å². The summed E-state index contributed by atoms with van der Waals surface area (Å²) in [4.78, 5) is 19.3. The molecule has 0 saturated heterocycles. The Balaban J connectivity index is 0.00000841. The molecule has 0 aromatic carbocycles. The number of carbonyl (C=O) groups is 1. The molecule has 0 atom stereocenters. The number of alkyl carbamates (subject to hydrolysis) is 1. The van der Waals surface area contributed by atoms with E-state index in [-0.39, 0.29) is 36.3 Å². The topological polar surface area (TPSA) is 99.7 Å². The second-order valence-corrected chi connectivity index (χ2v) is 7.03. The first kappa shape index (κ1) is 28.0. The van der Waals surface area contributed by atoms with Gasteiger partial charge >= 0.3 is 12.3 Å². The fourth-order valence-corrected chi connectivity index (χ4v) is 2.16. The van der Waals surface area contributed by atoms with Gasteiger partial charge in [-0.2, -0.15) is 13.2 Å². The molecule has 4 N–H and O–H groups in total. The third-order valence-corrected chi connectivity index (χ3v) is 3.36. The van der Waals surface area contributed by atoms with Gasteiger partial charge in [-0.25, -0.2) is 9.78 Å². The minimum atomic E-state index is -4.46. The fraction of sp³-hybridized carbons (Fsp3) is 0.611. The zero-order chi connectivity index (χ0) is 21.9. The Morgan fingerprint density at radius 3 is 2.33 bits per heavy atom. The lowest BCUT2D eigenvalue weighted by Gasteiger charge is -2.19. The minimum Gasteiger partial charge on any atom is -0.444 e. The molecule has 1 heterocycles. The van der Waals surface area contributed by atoms with E-state index in [9.17, 15) is 18.0 Å². The summed E-state index contributed by atoms with van der Waals surface area (Å²) in [5.41, 5.74) is -1.35.